The highest BCUT2D eigenvalue weighted by Gasteiger charge is 2.51. The molecule has 2 aromatic rings. The molecule has 0 bridgehead atoms. The topological polar surface area (TPSA) is 23.2 Å². The molecule has 0 radical (unpaired) electrons. The van der Waals surface area contributed by atoms with Gasteiger partial charge in [-0.15, -0.1) is 0 Å². The maximum Gasteiger partial charge on any atom is 0.261 e. The molecule has 1 aliphatic heterocycles. The summed E-state index contributed by atoms with van der Waals surface area (Å²) in [6.07, 6.45) is 3.36. The van der Waals surface area contributed by atoms with Gasteiger partial charge in [-0.2, -0.15) is 0 Å². The predicted octanol–water partition coefficient (Wildman–Crippen LogP) is 1.49. The van der Waals surface area contributed by atoms with Crippen LogP contribution in [0.15, 0.2) is 60.7 Å². The summed E-state index contributed by atoms with van der Waals surface area (Å²) >= 11 is 0. The second-order valence-corrected chi connectivity index (χ2v) is 11.5. The van der Waals surface area contributed by atoms with E-state index in [1.165, 1.54) is 10.4 Å². The normalized spacial score (nSPS) is 18.3. The fourth-order valence-electron chi connectivity index (χ4n) is 3.54. The first-order valence-electron chi connectivity index (χ1n) is 8.38. The van der Waals surface area contributed by atoms with Crippen LogP contribution in [0.3, 0.4) is 0 Å². The van der Waals surface area contributed by atoms with Gasteiger partial charge in [0.05, 0.1) is 6.42 Å². The van der Waals surface area contributed by atoms with Gasteiger partial charge < -0.3 is 4.43 Å². The molecule has 1 heterocycles. The number of hydrogen-bond donors (Lipinski definition) is 1. The fourth-order valence-corrected chi connectivity index (χ4v) is 8.24. The zero-order valence-corrected chi connectivity index (χ0v) is 15.3. The van der Waals surface area contributed by atoms with Gasteiger partial charge in [-0.1, -0.05) is 81.4 Å². The van der Waals surface area contributed by atoms with Crippen LogP contribution in [-0.2, 0) is 4.43 Å². The largest absolute Gasteiger partial charge is 0.397 e. The standard InChI is InChI=1S/C20H25NOSi/c1-20(2,3)23(18-10-6-4-7-11-18,19-12-8-5-9-13-19)22-17-14-15-21-16-17/h4-13,15,17H,14,16H2,1-3H3/p+1/t17-/m1/s1. The van der Waals surface area contributed by atoms with Crippen molar-refractivity contribution in [3.05, 3.63) is 60.7 Å². The third-order valence-electron chi connectivity index (χ3n) is 4.63. The van der Waals surface area contributed by atoms with Gasteiger partial charge in [0.15, 0.2) is 6.54 Å². The predicted molar refractivity (Wildman–Crippen MR) is 99.0 cm³/mol. The van der Waals surface area contributed by atoms with Crippen LogP contribution >= 0.6 is 0 Å². The Morgan fingerprint density at radius 3 is 1.83 bits per heavy atom. The Morgan fingerprint density at radius 1 is 0.913 bits per heavy atom. The van der Waals surface area contributed by atoms with E-state index in [0.717, 1.165) is 13.0 Å². The second-order valence-electron chi connectivity index (χ2n) is 7.25. The number of benzene rings is 2. The summed E-state index contributed by atoms with van der Waals surface area (Å²) in [5, 5.41) is 2.76. The molecule has 1 aliphatic rings. The SMILES string of the molecule is CC(C)(C)[Si](O[C@@H]1CC=[NH+]C1)(c1ccccc1)c1ccccc1. The highest BCUT2D eigenvalue weighted by atomic mass is 28.4. The first-order valence-corrected chi connectivity index (χ1v) is 10.3. The minimum Gasteiger partial charge on any atom is -0.397 e. The molecular weight excluding hydrogens is 298 g/mol. The van der Waals surface area contributed by atoms with Crippen molar-refractivity contribution in [3.8, 4) is 0 Å². The highest BCUT2D eigenvalue weighted by molar-refractivity contribution is 6.99. The Hall–Kier alpha value is -1.71. The fraction of sp³-hybridized carbons (Fsp3) is 0.350. The Bertz CT molecular complexity index is 614. The summed E-state index contributed by atoms with van der Waals surface area (Å²) in [4.78, 5) is 3.32. The van der Waals surface area contributed by atoms with Crippen LogP contribution in [0, 0.1) is 0 Å². The average Bonchev–Trinajstić information content (AvgIpc) is 3.06. The zero-order chi connectivity index (χ0) is 16.3. The van der Waals surface area contributed by atoms with Crippen molar-refractivity contribution in [3.63, 3.8) is 0 Å². The maximum atomic E-state index is 6.98. The van der Waals surface area contributed by atoms with E-state index in [1.54, 1.807) is 0 Å². The monoisotopic (exact) mass is 324 g/mol. The van der Waals surface area contributed by atoms with E-state index in [1.807, 2.05) is 0 Å². The number of rotatable bonds is 4. The summed E-state index contributed by atoms with van der Waals surface area (Å²) in [5.74, 6) is 0. The van der Waals surface area contributed by atoms with Gasteiger partial charge in [0.2, 0.25) is 0 Å². The Morgan fingerprint density at radius 2 is 1.43 bits per heavy atom. The number of hydrogen-bond acceptors (Lipinski definition) is 1. The minimum absolute atomic E-state index is 0.0539. The third kappa shape index (κ3) is 3.03. The summed E-state index contributed by atoms with van der Waals surface area (Å²) in [7, 11) is -2.37. The quantitative estimate of drug-likeness (QED) is 0.846. The molecule has 2 nitrogen and oxygen atoms in total. The van der Waals surface area contributed by atoms with Gasteiger partial charge in [-0.3, -0.25) is 0 Å². The van der Waals surface area contributed by atoms with Crippen LogP contribution in [0.5, 0.6) is 0 Å². The van der Waals surface area contributed by atoms with E-state index in [0.29, 0.717) is 0 Å². The lowest BCUT2D eigenvalue weighted by Crippen LogP contribution is -2.71. The van der Waals surface area contributed by atoms with Crippen LogP contribution in [0.4, 0.5) is 0 Å². The molecule has 0 fully saturated rings. The van der Waals surface area contributed by atoms with Crippen molar-refractivity contribution in [2.45, 2.75) is 38.3 Å². The van der Waals surface area contributed by atoms with E-state index >= 15 is 0 Å². The van der Waals surface area contributed by atoms with Crippen molar-refractivity contribution in [2.24, 2.45) is 0 Å². The van der Waals surface area contributed by atoms with Crippen molar-refractivity contribution >= 4 is 24.9 Å². The van der Waals surface area contributed by atoms with Crippen molar-refractivity contribution in [1.82, 2.24) is 0 Å². The molecule has 0 amide bonds. The van der Waals surface area contributed by atoms with Gasteiger partial charge in [-0.05, 0) is 15.4 Å². The third-order valence-corrected chi connectivity index (χ3v) is 9.72. The molecule has 23 heavy (non-hydrogen) atoms. The highest BCUT2D eigenvalue weighted by Crippen LogP contribution is 2.37. The smallest absolute Gasteiger partial charge is 0.261 e. The van der Waals surface area contributed by atoms with E-state index < -0.39 is 8.32 Å². The van der Waals surface area contributed by atoms with E-state index in [-0.39, 0.29) is 11.1 Å². The lowest BCUT2D eigenvalue weighted by atomic mass is 10.2. The molecule has 0 unspecified atom stereocenters. The van der Waals surface area contributed by atoms with Crippen molar-refractivity contribution < 1.29 is 9.42 Å². The molecule has 120 valence electrons. The van der Waals surface area contributed by atoms with Crippen LogP contribution < -0.4 is 15.4 Å². The molecule has 3 heteroatoms. The molecule has 0 aromatic heterocycles. The second kappa shape index (κ2) is 6.42. The summed E-state index contributed by atoms with van der Waals surface area (Å²) in [5.41, 5.74) is 0. The summed E-state index contributed by atoms with van der Waals surface area (Å²) < 4.78 is 6.98. The van der Waals surface area contributed by atoms with Gasteiger partial charge in [-0.25, -0.2) is 4.99 Å². The lowest BCUT2D eigenvalue weighted by Gasteiger charge is -2.44. The molecule has 2 aromatic carbocycles. The van der Waals surface area contributed by atoms with Crippen LogP contribution in [0.25, 0.3) is 0 Å². The van der Waals surface area contributed by atoms with E-state index in [9.17, 15) is 0 Å². The summed E-state index contributed by atoms with van der Waals surface area (Å²) in [6, 6.07) is 21.7. The molecule has 0 saturated heterocycles. The average molecular weight is 325 g/mol. The zero-order valence-electron chi connectivity index (χ0n) is 14.3. The number of nitrogens with one attached hydrogen (secondary N) is 1. The molecule has 0 saturated carbocycles. The molecule has 0 spiro atoms. The first-order chi connectivity index (χ1) is 11.0. The lowest BCUT2D eigenvalue weighted by molar-refractivity contribution is -0.450. The van der Waals surface area contributed by atoms with Crippen LogP contribution in [0.2, 0.25) is 5.04 Å². The van der Waals surface area contributed by atoms with E-state index in [2.05, 4.69) is 92.6 Å². The minimum atomic E-state index is -2.37. The molecular formula is C20H26NOSi+. The van der Waals surface area contributed by atoms with Crippen LogP contribution in [-0.4, -0.2) is 27.2 Å². The Kier molecular flexibility index (Phi) is 4.51. The summed E-state index contributed by atoms with van der Waals surface area (Å²) in [6.45, 7) is 7.88. The Labute approximate surface area is 140 Å². The van der Waals surface area contributed by atoms with E-state index in [4.69, 9.17) is 4.43 Å². The molecule has 3 rings (SSSR count). The molecule has 1 atom stereocenters. The molecule has 0 aliphatic carbocycles. The van der Waals surface area contributed by atoms with Crippen molar-refractivity contribution in [1.29, 1.82) is 0 Å². The van der Waals surface area contributed by atoms with Gasteiger partial charge in [0.1, 0.15) is 12.3 Å². The maximum absolute atomic E-state index is 6.98. The van der Waals surface area contributed by atoms with Gasteiger partial charge in [0.25, 0.3) is 8.32 Å². The Balaban J connectivity index is 2.17. The molecule has 1 N–H and O–H groups in total. The van der Waals surface area contributed by atoms with Gasteiger partial charge in [0, 0.05) is 0 Å². The van der Waals surface area contributed by atoms with Crippen molar-refractivity contribution in [2.75, 3.05) is 6.54 Å². The van der Waals surface area contributed by atoms with Crippen LogP contribution in [0.1, 0.15) is 27.2 Å². The van der Waals surface area contributed by atoms with Gasteiger partial charge >= 0.3 is 0 Å². The first kappa shape index (κ1) is 16.2.